The Morgan fingerprint density at radius 3 is 2.52 bits per heavy atom. The zero-order valence-electron chi connectivity index (χ0n) is 15.1. The smallest absolute Gasteiger partial charge is 0.339 e. The number of aromatic hydroxyl groups is 1. The van der Waals surface area contributed by atoms with Gasteiger partial charge in [0.1, 0.15) is 17.0 Å². The van der Waals surface area contributed by atoms with E-state index in [0.29, 0.717) is 11.6 Å². The Labute approximate surface area is 169 Å². The van der Waals surface area contributed by atoms with E-state index in [1.54, 1.807) is 0 Å². The van der Waals surface area contributed by atoms with Crippen molar-refractivity contribution < 1.29 is 24.6 Å². The molecule has 0 aliphatic carbocycles. The molecule has 0 spiro atoms. The Balaban J connectivity index is 1.58. The van der Waals surface area contributed by atoms with Crippen LogP contribution in [0.4, 0.5) is 10.8 Å². The van der Waals surface area contributed by atoms with Gasteiger partial charge in [0, 0.05) is 17.5 Å². The van der Waals surface area contributed by atoms with Gasteiger partial charge in [-0.3, -0.25) is 9.59 Å². The van der Waals surface area contributed by atoms with Crippen molar-refractivity contribution >= 4 is 39.9 Å². The highest BCUT2D eigenvalue weighted by Crippen LogP contribution is 2.23. The van der Waals surface area contributed by atoms with Crippen LogP contribution in [0.15, 0.2) is 53.9 Å². The average Bonchev–Trinajstić information content (AvgIpc) is 3.17. The zero-order chi connectivity index (χ0) is 20.8. The summed E-state index contributed by atoms with van der Waals surface area (Å²) in [5.74, 6) is -2.48. The van der Waals surface area contributed by atoms with Gasteiger partial charge in [0.15, 0.2) is 5.13 Å². The molecule has 0 saturated heterocycles. The van der Waals surface area contributed by atoms with Crippen molar-refractivity contribution in [3.63, 3.8) is 0 Å². The van der Waals surface area contributed by atoms with Crippen LogP contribution in [-0.4, -0.2) is 33.0 Å². The maximum Gasteiger partial charge on any atom is 0.339 e. The quantitative estimate of drug-likeness (QED) is 0.441. The highest BCUT2D eigenvalue weighted by Gasteiger charge is 2.15. The van der Waals surface area contributed by atoms with Gasteiger partial charge in [0.05, 0.1) is 0 Å². The number of carbonyl (C=O) groups excluding carboxylic acids is 2. The summed E-state index contributed by atoms with van der Waals surface area (Å²) >= 11 is 1.11. The van der Waals surface area contributed by atoms with Crippen molar-refractivity contribution in [2.45, 2.75) is 12.8 Å². The molecular formula is C20H17N3O5S. The number of nitrogens with zero attached hydrogens (tertiary/aromatic N) is 1. The first-order chi connectivity index (χ1) is 13.9. The monoisotopic (exact) mass is 411 g/mol. The molecule has 0 fully saturated rings. The predicted octanol–water partition coefficient (Wildman–Crippen LogP) is 3.37. The van der Waals surface area contributed by atoms with Crippen LogP contribution in [0.25, 0.3) is 0 Å². The van der Waals surface area contributed by atoms with E-state index in [0.717, 1.165) is 23.0 Å². The predicted molar refractivity (Wildman–Crippen MR) is 109 cm³/mol. The van der Waals surface area contributed by atoms with Crippen LogP contribution in [0.1, 0.15) is 32.8 Å². The fraction of sp³-hybridized carbons (Fsp3) is 0.100. The molecule has 0 bridgehead atoms. The minimum atomic E-state index is -1.31. The van der Waals surface area contributed by atoms with Gasteiger partial charge in [0.2, 0.25) is 5.91 Å². The lowest BCUT2D eigenvalue weighted by Gasteiger charge is -2.06. The molecule has 0 aliphatic rings. The highest BCUT2D eigenvalue weighted by molar-refractivity contribution is 7.14. The number of aromatic nitrogens is 1. The molecule has 1 heterocycles. The number of carbonyl (C=O) groups is 3. The maximum absolute atomic E-state index is 12.3. The molecule has 0 saturated carbocycles. The largest absolute Gasteiger partial charge is 0.507 e. The van der Waals surface area contributed by atoms with Gasteiger partial charge in [-0.15, -0.1) is 11.3 Å². The standard InChI is InChI=1S/C20H17N3O5S/c24-16-8-7-13(10-14(16)19(27)28)21-18(26)15-11-29-20(22-15)23-17(25)9-6-12-4-2-1-3-5-12/h1-5,7-8,10-11,24H,6,9H2,(H,21,26)(H,27,28)(H,22,23,25). The van der Waals surface area contributed by atoms with E-state index in [9.17, 15) is 19.5 Å². The summed E-state index contributed by atoms with van der Waals surface area (Å²) in [6, 6.07) is 13.3. The van der Waals surface area contributed by atoms with E-state index in [4.69, 9.17) is 5.11 Å². The van der Waals surface area contributed by atoms with Crippen LogP contribution < -0.4 is 10.6 Å². The van der Waals surface area contributed by atoms with Crippen molar-refractivity contribution in [2.75, 3.05) is 10.6 Å². The molecule has 3 aromatic rings. The molecule has 9 heteroatoms. The summed E-state index contributed by atoms with van der Waals surface area (Å²) in [5, 5.41) is 25.5. The Morgan fingerprint density at radius 1 is 1.03 bits per heavy atom. The van der Waals surface area contributed by atoms with Crippen molar-refractivity contribution in [3.05, 3.63) is 70.7 Å². The molecule has 2 aromatic carbocycles. The van der Waals surface area contributed by atoms with Gasteiger partial charge in [-0.25, -0.2) is 9.78 Å². The van der Waals surface area contributed by atoms with Gasteiger partial charge in [-0.2, -0.15) is 0 Å². The Hall–Kier alpha value is -3.72. The molecule has 3 rings (SSSR count). The van der Waals surface area contributed by atoms with E-state index in [1.807, 2.05) is 30.3 Å². The van der Waals surface area contributed by atoms with E-state index in [-0.39, 0.29) is 29.3 Å². The third kappa shape index (κ3) is 5.39. The Kier molecular flexibility index (Phi) is 6.20. The molecule has 0 aliphatic heterocycles. The highest BCUT2D eigenvalue weighted by atomic mass is 32.1. The molecule has 0 unspecified atom stereocenters. The molecule has 8 nitrogen and oxygen atoms in total. The van der Waals surface area contributed by atoms with Crippen molar-refractivity contribution in [1.29, 1.82) is 0 Å². The van der Waals surface area contributed by atoms with Crippen molar-refractivity contribution in [3.8, 4) is 5.75 Å². The molecule has 0 atom stereocenters. The summed E-state index contributed by atoms with van der Waals surface area (Å²) in [4.78, 5) is 39.5. The van der Waals surface area contributed by atoms with Gasteiger partial charge in [-0.1, -0.05) is 30.3 Å². The maximum atomic E-state index is 12.3. The lowest BCUT2D eigenvalue weighted by molar-refractivity contribution is -0.116. The summed E-state index contributed by atoms with van der Waals surface area (Å²) < 4.78 is 0. The summed E-state index contributed by atoms with van der Waals surface area (Å²) in [5.41, 5.74) is 1.01. The number of rotatable bonds is 7. The van der Waals surface area contributed by atoms with E-state index < -0.39 is 17.6 Å². The Bertz CT molecular complexity index is 1050. The molecule has 148 valence electrons. The number of carboxylic acids is 1. The van der Waals surface area contributed by atoms with Gasteiger partial charge in [0.25, 0.3) is 5.91 Å². The number of aromatic carboxylic acids is 1. The van der Waals surface area contributed by atoms with E-state index in [2.05, 4.69) is 15.6 Å². The molecule has 0 radical (unpaired) electrons. The van der Waals surface area contributed by atoms with E-state index >= 15 is 0 Å². The first kappa shape index (κ1) is 20.0. The number of anilines is 2. The average molecular weight is 411 g/mol. The second-order valence-corrected chi connectivity index (χ2v) is 6.92. The molecule has 2 amide bonds. The van der Waals surface area contributed by atoms with Crippen LogP contribution in [0, 0.1) is 0 Å². The summed E-state index contributed by atoms with van der Waals surface area (Å²) in [6.45, 7) is 0. The second-order valence-electron chi connectivity index (χ2n) is 6.06. The third-order valence-corrected chi connectivity index (χ3v) is 4.71. The summed E-state index contributed by atoms with van der Waals surface area (Å²) in [6.07, 6.45) is 0.884. The van der Waals surface area contributed by atoms with Gasteiger partial charge in [-0.05, 0) is 30.2 Å². The lowest BCUT2D eigenvalue weighted by atomic mass is 10.1. The van der Waals surface area contributed by atoms with Crippen molar-refractivity contribution in [1.82, 2.24) is 4.98 Å². The zero-order valence-corrected chi connectivity index (χ0v) is 15.9. The number of thiazole rings is 1. The topological polar surface area (TPSA) is 129 Å². The number of nitrogens with one attached hydrogen (secondary N) is 2. The normalized spacial score (nSPS) is 10.3. The van der Waals surface area contributed by atoms with Gasteiger partial charge < -0.3 is 20.8 Å². The van der Waals surface area contributed by atoms with Crippen LogP contribution in [-0.2, 0) is 11.2 Å². The number of hydrogen-bond acceptors (Lipinski definition) is 6. The second kappa shape index (κ2) is 8.98. The minimum Gasteiger partial charge on any atom is -0.507 e. The van der Waals surface area contributed by atoms with Crippen LogP contribution in [0.3, 0.4) is 0 Å². The first-order valence-corrected chi connectivity index (χ1v) is 9.47. The number of hydrogen-bond donors (Lipinski definition) is 4. The first-order valence-electron chi connectivity index (χ1n) is 8.59. The molecule has 29 heavy (non-hydrogen) atoms. The van der Waals surface area contributed by atoms with Crippen LogP contribution >= 0.6 is 11.3 Å². The summed E-state index contributed by atoms with van der Waals surface area (Å²) in [7, 11) is 0. The molecule has 4 N–H and O–H groups in total. The SMILES string of the molecule is O=C(CCc1ccccc1)Nc1nc(C(=O)Nc2ccc(O)c(C(=O)O)c2)cs1. The Morgan fingerprint density at radius 2 is 1.79 bits per heavy atom. The molecular weight excluding hydrogens is 394 g/mol. The van der Waals surface area contributed by atoms with Gasteiger partial charge >= 0.3 is 5.97 Å². The fourth-order valence-corrected chi connectivity index (χ4v) is 3.21. The third-order valence-electron chi connectivity index (χ3n) is 3.95. The minimum absolute atomic E-state index is 0.0818. The number of phenols is 1. The number of carboxylic acid groups (broad SMARTS) is 1. The van der Waals surface area contributed by atoms with Crippen LogP contribution in [0.5, 0.6) is 5.75 Å². The number of amides is 2. The molecule has 1 aromatic heterocycles. The lowest BCUT2D eigenvalue weighted by Crippen LogP contribution is -2.14. The number of aryl methyl sites for hydroxylation is 1. The van der Waals surface area contributed by atoms with Crippen molar-refractivity contribution in [2.24, 2.45) is 0 Å². The van der Waals surface area contributed by atoms with E-state index in [1.165, 1.54) is 17.5 Å². The number of benzene rings is 2. The fourth-order valence-electron chi connectivity index (χ4n) is 2.50. The van der Waals surface area contributed by atoms with Crippen LogP contribution in [0.2, 0.25) is 0 Å².